The van der Waals surface area contributed by atoms with E-state index in [1.165, 1.54) is 0 Å². The third kappa shape index (κ3) is 5.09. The molecule has 2 N–H and O–H groups in total. The molecule has 0 spiro atoms. The Balaban J connectivity index is 1.79. The van der Waals surface area contributed by atoms with E-state index in [0.717, 1.165) is 32.4 Å². The monoisotopic (exact) mass is 338 g/mol. The Morgan fingerprint density at radius 1 is 1.38 bits per heavy atom. The van der Waals surface area contributed by atoms with E-state index < -0.39 is 21.3 Å². The number of likely N-dealkylation sites (tertiary alicyclic amines) is 1. The standard InChI is InChI=1S/C13H23ClN2O4S/c14-11-8-21(19,20)9-12(11)15-13(18)7-16-4-1-2-10(6-16)3-5-17/h10-12,17H,1-9H2,(H,15,18). The van der Waals surface area contributed by atoms with Gasteiger partial charge in [0.25, 0.3) is 0 Å². The number of carbonyl (C=O) groups is 1. The van der Waals surface area contributed by atoms with E-state index in [9.17, 15) is 13.2 Å². The summed E-state index contributed by atoms with van der Waals surface area (Å²) in [6, 6.07) is -0.484. The first-order valence-electron chi connectivity index (χ1n) is 7.36. The SMILES string of the molecule is O=C(CN1CCCC(CCO)C1)NC1CS(=O)(=O)CC1Cl. The van der Waals surface area contributed by atoms with Gasteiger partial charge in [-0.1, -0.05) is 0 Å². The van der Waals surface area contributed by atoms with Crippen molar-refractivity contribution in [3.8, 4) is 0 Å². The lowest BCUT2D eigenvalue weighted by atomic mass is 9.95. The number of rotatable bonds is 5. The summed E-state index contributed by atoms with van der Waals surface area (Å²) >= 11 is 5.98. The fourth-order valence-corrected chi connectivity index (χ4v) is 5.66. The Bertz CT molecular complexity index is 469. The van der Waals surface area contributed by atoms with Gasteiger partial charge in [-0.05, 0) is 31.7 Å². The molecule has 2 heterocycles. The first-order chi connectivity index (χ1) is 9.89. The average Bonchev–Trinajstić information content (AvgIpc) is 2.62. The van der Waals surface area contributed by atoms with Crippen LogP contribution in [0.4, 0.5) is 0 Å². The first kappa shape index (κ1) is 17.0. The molecule has 0 saturated carbocycles. The smallest absolute Gasteiger partial charge is 0.234 e. The Kier molecular flexibility index (Phi) is 5.88. The zero-order chi connectivity index (χ0) is 15.5. The summed E-state index contributed by atoms with van der Waals surface area (Å²) in [5.41, 5.74) is 0. The lowest BCUT2D eigenvalue weighted by molar-refractivity contribution is -0.123. The van der Waals surface area contributed by atoms with Crippen LogP contribution < -0.4 is 5.32 Å². The van der Waals surface area contributed by atoms with Crippen LogP contribution in [-0.2, 0) is 14.6 Å². The number of alkyl halides is 1. The maximum Gasteiger partial charge on any atom is 0.234 e. The van der Waals surface area contributed by atoms with Crippen LogP contribution in [0, 0.1) is 5.92 Å². The highest BCUT2D eigenvalue weighted by molar-refractivity contribution is 7.91. The number of sulfone groups is 1. The molecule has 2 rings (SSSR count). The van der Waals surface area contributed by atoms with Crippen molar-refractivity contribution in [1.29, 1.82) is 0 Å². The van der Waals surface area contributed by atoms with E-state index in [-0.39, 0.29) is 30.6 Å². The minimum Gasteiger partial charge on any atom is -0.396 e. The molecule has 2 aliphatic rings. The summed E-state index contributed by atoms with van der Waals surface area (Å²) in [7, 11) is -3.13. The van der Waals surface area contributed by atoms with Crippen molar-refractivity contribution in [2.24, 2.45) is 5.92 Å². The van der Waals surface area contributed by atoms with E-state index in [1.807, 2.05) is 0 Å². The molecule has 3 atom stereocenters. The predicted octanol–water partition coefficient (Wildman–Crippen LogP) is -0.399. The van der Waals surface area contributed by atoms with Gasteiger partial charge >= 0.3 is 0 Å². The number of amides is 1. The van der Waals surface area contributed by atoms with Crippen molar-refractivity contribution < 1.29 is 18.3 Å². The van der Waals surface area contributed by atoms with Crippen molar-refractivity contribution in [3.05, 3.63) is 0 Å². The number of halogens is 1. The highest BCUT2D eigenvalue weighted by Crippen LogP contribution is 2.20. The van der Waals surface area contributed by atoms with E-state index in [1.54, 1.807) is 0 Å². The van der Waals surface area contributed by atoms with Gasteiger partial charge in [-0.3, -0.25) is 9.69 Å². The molecule has 2 aliphatic heterocycles. The third-order valence-electron chi connectivity index (χ3n) is 4.14. The molecule has 6 nitrogen and oxygen atoms in total. The maximum atomic E-state index is 12.0. The fraction of sp³-hybridized carbons (Fsp3) is 0.923. The van der Waals surface area contributed by atoms with Crippen LogP contribution in [-0.4, -0.2) is 73.5 Å². The molecule has 0 aromatic rings. The number of hydrogen-bond donors (Lipinski definition) is 2. The molecule has 8 heteroatoms. The van der Waals surface area contributed by atoms with Crippen LogP contribution in [0.1, 0.15) is 19.3 Å². The first-order valence-corrected chi connectivity index (χ1v) is 9.62. The van der Waals surface area contributed by atoms with E-state index in [0.29, 0.717) is 5.92 Å². The number of hydrogen-bond acceptors (Lipinski definition) is 5. The minimum atomic E-state index is -3.13. The van der Waals surface area contributed by atoms with Gasteiger partial charge in [-0.2, -0.15) is 0 Å². The highest BCUT2D eigenvalue weighted by atomic mass is 35.5. The summed E-state index contributed by atoms with van der Waals surface area (Å²) in [4.78, 5) is 14.1. The van der Waals surface area contributed by atoms with Gasteiger partial charge in [-0.25, -0.2) is 8.42 Å². The van der Waals surface area contributed by atoms with Crippen LogP contribution in [0.5, 0.6) is 0 Å². The molecule has 2 fully saturated rings. The number of piperidine rings is 1. The van der Waals surface area contributed by atoms with Crippen molar-refractivity contribution in [3.63, 3.8) is 0 Å². The van der Waals surface area contributed by atoms with Crippen molar-refractivity contribution in [1.82, 2.24) is 10.2 Å². The Morgan fingerprint density at radius 2 is 2.14 bits per heavy atom. The van der Waals surface area contributed by atoms with Crippen molar-refractivity contribution >= 4 is 27.3 Å². The Morgan fingerprint density at radius 3 is 2.76 bits per heavy atom. The predicted molar refractivity (Wildman–Crippen MR) is 81.1 cm³/mol. The summed E-state index contributed by atoms with van der Waals surface area (Å²) in [6.07, 6.45) is 2.87. The molecule has 1 amide bonds. The molecular weight excluding hydrogens is 316 g/mol. The molecule has 0 aliphatic carbocycles. The van der Waals surface area contributed by atoms with Crippen LogP contribution in [0.25, 0.3) is 0 Å². The lowest BCUT2D eigenvalue weighted by Crippen LogP contribution is -2.47. The molecule has 0 aromatic heterocycles. The van der Waals surface area contributed by atoms with Gasteiger partial charge in [0, 0.05) is 13.2 Å². The van der Waals surface area contributed by atoms with Crippen LogP contribution in [0.2, 0.25) is 0 Å². The molecule has 2 saturated heterocycles. The summed E-state index contributed by atoms with van der Waals surface area (Å²) in [6.45, 7) is 2.12. The zero-order valence-electron chi connectivity index (χ0n) is 12.0. The Labute approximate surface area is 130 Å². The molecule has 0 bridgehead atoms. The number of carbonyl (C=O) groups excluding carboxylic acids is 1. The lowest BCUT2D eigenvalue weighted by Gasteiger charge is -2.32. The molecule has 0 radical (unpaired) electrons. The van der Waals surface area contributed by atoms with E-state index in [2.05, 4.69) is 10.2 Å². The minimum absolute atomic E-state index is 0.0677. The fourth-order valence-electron chi connectivity index (χ4n) is 3.11. The molecular formula is C13H23ClN2O4S. The second-order valence-corrected chi connectivity index (χ2v) is 8.74. The highest BCUT2D eigenvalue weighted by Gasteiger charge is 2.37. The number of aliphatic hydroxyl groups excluding tert-OH is 1. The number of nitrogens with one attached hydrogen (secondary N) is 1. The van der Waals surface area contributed by atoms with Crippen LogP contribution in [0.3, 0.4) is 0 Å². The van der Waals surface area contributed by atoms with E-state index >= 15 is 0 Å². The molecule has 0 aromatic carbocycles. The zero-order valence-corrected chi connectivity index (χ0v) is 13.6. The normalized spacial score (nSPS) is 33.0. The van der Waals surface area contributed by atoms with Gasteiger partial charge in [0.15, 0.2) is 9.84 Å². The van der Waals surface area contributed by atoms with Gasteiger partial charge in [0.2, 0.25) is 5.91 Å². The van der Waals surface area contributed by atoms with Gasteiger partial charge in [0.05, 0.1) is 29.5 Å². The average molecular weight is 339 g/mol. The molecule has 122 valence electrons. The quantitative estimate of drug-likeness (QED) is 0.666. The van der Waals surface area contributed by atoms with Gasteiger partial charge in [0.1, 0.15) is 0 Å². The van der Waals surface area contributed by atoms with Crippen LogP contribution in [0.15, 0.2) is 0 Å². The van der Waals surface area contributed by atoms with E-state index in [4.69, 9.17) is 16.7 Å². The second-order valence-electron chi connectivity index (χ2n) is 6.02. The summed E-state index contributed by atoms with van der Waals surface area (Å²) in [5, 5.41) is 11.2. The number of nitrogens with zero attached hydrogens (tertiary/aromatic N) is 1. The molecule has 21 heavy (non-hydrogen) atoms. The topological polar surface area (TPSA) is 86.7 Å². The third-order valence-corrected chi connectivity index (χ3v) is 6.51. The van der Waals surface area contributed by atoms with Gasteiger partial charge in [-0.15, -0.1) is 11.6 Å². The van der Waals surface area contributed by atoms with Crippen molar-refractivity contribution in [2.75, 3.05) is 37.7 Å². The molecule has 3 unspecified atom stereocenters. The van der Waals surface area contributed by atoms with Crippen LogP contribution >= 0.6 is 11.6 Å². The Hall–Kier alpha value is -0.370. The number of aliphatic hydroxyl groups is 1. The summed E-state index contributed by atoms with van der Waals surface area (Å²) < 4.78 is 22.9. The van der Waals surface area contributed by atoms with Gasteiger partial charge < -0.3 is 10.4 Å². The maximum absolute atomic E-state index is 12.0. The largest absolute Gasteiger partial charge is 0.396 e. The summed E-state index contributed by atoms with van der Waals surface area (Å²) in [5.74, 6) is 0.124. The second kappa shape index (κ2) is 7.26. The van der Waals surface area contributed by atoms with Crippen molar-refractivity contribution in [2.45, 2.75) is 30.7 Å².